The molecular weight excluding hydrogens is 428 g/mol. The SMILES string of the molecule is CC(C)(Cc1cccc(CC(=O)NCc2ccccc2)c1)NC[C@H](O)c1ccc(O)c(CO)c1. The quantitative estimate of drug-likeness (QED) is 0.301. The van der Waals surface area contributed by atoms with E-state index >= 15 is 0 Å². The number of carbonyl (C=O) groups is 1. The highest BCUT2D eigenvalue weighted by Crippen LogP contribution is 2.23. The van der Waals surface area contributed by atoms with Gasteiger partial charge in [0.25, 0.3) is 0 Å². The van der Waals surface area contributed by atoms with E-state index in [1.54, 1.807) is 12.1 Å². The van der Waals surface area contributed by atoms with Gasteiger partial charge in [0.2, 0.25) is 5.91 Å². The van der Waals surface area contributed by atoms with Gasteiger partial charge in [0.15, 0.2) is 0 Å². The van der Waals surface area contributed by atoms with Crippen LogP contribution in [-0.2, 0) is 30.8 Å². The zero-order chi connectivity index (χ0) is 24.6. The molecule has 1 atom stereocenters. The molecule has 0 saturated carbocycles. The molecule has 0 radical (unpaired) electrons. The second kappa shape index (κ2) is 11.8. The van der Waals surface area contributed by atoms with E-state index in [2.05, 4.69) is 30.5 Å². The minimum atomic E-state index is -0.773. The minimum Gasteiger partial charge on any atom is -0.508 e. The van der Waals surface area contributed by atoms with Crippen LogP contribution in [0, 0.1) is 0 Å². The van der Waals surface area contributed by atoms with Crippen molar-refractivity contribution in [3.63, 3.8) is 0 Å². The van der Waals surface area contributed by atoms with E-state index in [4.69, 9.17) is 0 Å². The number of rotatable bonds is 11. The molecule has 6 heteroatoms. The van der Waals surface area contributed by atoms with Crippen LogP contribution in [-0.4, -0.2) is 33.3 Å². The van der Waals surface area contributed by atoms with Gasteiger partial charge in [-0.15, -0.1) is 0 Å². The van der Waals surface area contributed by atoms with Crippen molar-refractivity contribution >= 4 is 5.91 Å². The molecule has 180 valence electrons. The first-order valence-electron chi connectivity index (χ1n) is 11.5. The van der Waals surface area contributed by atoms with Gasteiger partial charge in [0, 0.05) is 24.2 Å². The number of β-amino-alcohol motifs (C(OH)–C–C–N with tert-alkyl or cyclic N) is 1. The summed E-state index contributed by atoms with van der Waals surface area (Å²) in [4.78, 5) is 12.4. The Labute approximate surface area is 201 Å². The Morgan fingerprint density at radius 1 is 0.941 bits per heavy atom. The molecule has 0 aliphatic rings. The maximum atomic E-state index is 12.4. The van der Waals surface area contributed by atoms with E-state index in [0.29, 0.717) is 30.6 Å². The van der Waals surface area contributed by atoms with E-state index in [0.717, 1.165) is 23.1 Å². The fourth-order valence-electron chi connectivity index (χ4n) is 3.90. The minimum absolute atomic E-state index is 0.0142. The first-order chi connectivity index (χ1) is 16.3. The fraction of sp³-hybridized carbons (Fsp3) is 0.321. The molecule has 5 N–H and O–H groups in total. The Balaban J connectivity index is 1.53. The van der Waals surface area contributed by atoms with Crippen LogP contribution >= 0.6 is 0 Å². The van der Waals surface area contributed by atoms with Gasteiger partial charge in [-0.25, -0.2) is 0 Å². The Bertz CT molecular complexity index is 1080. The third-order valence-electron chi connectivity index (χ3n) is 5.77. The zero-order valence-corrected chi connectivity index (χ0v) is 19.8. The van der Waals surface area contributed by atoms with Gasteiger partial charge < -0.3 is 26.0 Å². The second-order valence-electron chi connectivity index (χ2n) is 9.26. The lowest BCUT2D eigenvalue weighted by Gasteiger charge is -2.28. The fourth-order valence-corrected chi connectivity index (χ4v) is 3.90. The van der Waals surface area contributed by atoms with Crippen molar-refractivity contribution in [1.82, 2.24) is 10.6 Å². The van der Waals surface area contributed by atoms with E-state index in [1.807, 2.05) is 48.5 Å². The molecule has 0 saturated heterocycles. The predicted molar refractivity (Wildman–Crippen MR) is 133 cm³/mol. The van der Waals surface area contributed by atoms with Crippen LogP contribution in [0.1, 0.15) is 47.8 Å². The summed E-state index contributed by atoms with van der Waals surface area (Å²) in [5.74, 6) is -0.00183. The van der Waals surface area contributed by atoms with Gasteiger partial charge >= 0.3 is 0 Å². The van der Waals surface area contributed by atoms with Crippen molar-refractivity contribution in [3.05, 3.63) is 101 Å². The number of amides is 1. The van der Waals surface area contributed by atoms with Gasteiger partial charge in [-0.3, -0.25) is 4.79 Å². The van der Waals surface area contributed by atoms with Gasteiger partial charge in [0.05, 0.1) is 19.1 Å². The van der Waals surface area contributed by atoms with E-state index < -0.39 is 6.10 Å². The smallest absolute Gasteiger partial charge is 0.224 e. The highest BCUT2D eigenvalue weighted by Gasteiger charge is 2.20. The predicted octanol–water partition coefficient (Wildman–Crippen LogP) is 3.39. The number of nitrogens with one attached hydrogen (secondary N) is 2. The van der Waals surface area contributed by atoms with E-state index in [-0.39, 0.29) is 23.8 Å². The lowest BCUT2D eigenvalue weighted by Crippen LogP contribution is -2.43. The molecule has 1 amide bonds. The van der Waals surface area contributed by atoms with Crippen molar-refractivity contribution in [2.24, 2.45) is 0 Å². The van der Waals surface area contributed by atoms with Crippen LogP contribution in [0.25, 0.3) is 0 Å². The largest absolute Gasteiger partial charge is 0.508 e. The molecule has 3 aromatic rings. The van der Waals surface area contributed by atoms with E-state index in [9.17, 15) is 20.1 Å². The summed E-state index contributed by atoms with van der Waals surface area (Å²) in [5.41, 5.74) is 3.85. The average Bonchev–Trinajstić information content (AvgIpc) is 2.82. The molecule has 0 fully saturated rings. The molecule has 6 nitrogen and oxygen atoms in total. The first-order valence-corrected chi connectivity index (χ1v) is 11.5. The van der Waals surface area contributed by atoms with Crippen molar-refractivity contribution in [2.75, 3.05) is 6.54 Å². The second-order valence-corrected chi connectivity index (χ2v) is 9.26. The summed E-state index contributed by atoms with van der Waals surface area (Å²) in [5, 5.41) is 36.0. The summed E-state index contributed by atoms with van der Waals surface area (Å²) in [7, 11) is 0. The molecule has 0 unspecified atom stereocenters. The number of aliphatic hydroxyl groups is 2. The lowest BCUT2D eigenvalue weighted by molar-refractivity contribution is -0.120. The maximum absolute atomic E-state index is 12.4. The van der Waals surface area contributed by atoms with Crippen molar-refractivity contribution < 1.29 is 20.1 Å². The van der Waals surface area contributed by atoms with Crippen molar-refractivity contribution in [2.45, 2.75) is 51.5 Å². The molecule has 3 aromatic carbocycles. The van der Waals surface area contributed by atoms with Gasteiger partial charge in [-0.1, -0.05) is 60.7 Å². The normalized spacial score (nSPS) is 12.4. The summed E-state index contributed by atoms with van der Waals surface area (Å²) in [6.07, 6.45) is 0.266. The Hall–Kier alpha value is -3.19. The molecule has 3 rings (SSSR count). The van der Waals surface area contributed by atoms with Crippen LogP contribution in [0.2, 0.25) is 0 Å². The van der Waals surface area contributed by atoms with Crippen LogP contribution in [0.15, 0.2) is 72.8 Å². The number of carbonyl (C=O) groups excluding carboxylic acids is 1. The van der Waals surface area contributed by atoms with Crippen molar-refractivity contribution in [3.8, 4) is 5.75 Å². The highest BCUT2D eigenvalue weighted by molar-refractivity contribution is 5.78. The van der Waals surface area contributed by atoms with Gasteiger partial charge in [0.1, 0.15) is 5.75 Å². The molecule has 34 heavy (non-hydrogen) atoms. The third kappa shape index (κ3) is 7.70. The Morgan fingerprint density at radius 2 is 1.65 bits per heavy atom. The molecule has 0 aliphatic heterocycles. The number of hydrogen-bond donors (Lipinski definition) is 5. The average molecular weight is 463 g/mol. The molecule has 0 bridgehead atoms. The summed E-state index contributed by atoms with van der Waals surface area (Å²) in [6, 6.07) is 22.6. The molecule has 0 aromatic heterocycles. The monoisotopic (exact) mass is 462 g/mol. The Morgan fingerprint density at radius 3 is 2.38 bits per heavy atom. The summed E-state index contributed by atoms with van der Waals surface area (Å²) >= 11 is 0. The third-order valence-corrected chi connectivity index (χ3v) is 5.77. The number of aliphatic hydroxyl groups excluding tert-OH is 2. The maximum Gasteiger partial charge on any atom is 0.224 e. The number of phenols is 1. The van der Waals surface area contributed by atoms with Crippen LogP contribution in [0.3, 0.4) is 0 Å². The molecule has 0 spiro atoms. The summed E-state index contributed by atoms with van der Waals surface area (Å²) < 4.78 is 0. The zero-order valence-electron chi connectivity index (χ0n) is 19.8. The van der Waals surface area contributed by atoms with Crippen LogP contribution in [0.4, 0.5) is 0 Å². The molecular formula is C28H34N2O4. The van der Waals surface area contributed by atoms with Crippen molar-refractivity contribution in [1.29, 1.82) is 0 Å². The van der Waals surface area contributed by atoms with Gasteiger partial charge in [-0.05, 0) is 54.7 Å². The molecule has 0 heterocycles. The van der Waals surface area contributed by atoms with Crippen LogP contribution in [0.5, 0.6) is 5.75 Å². The number of benzene rings is 3. The van der Waals surface area contributed by atoms with E-state index in [1.165, 1.54) is 6.07 Å². The topological polar surface area (TPSA) is 102 Å². The number of aromatic hydroxyl groups is 1. The van der Waals surface area contributed by atoms with Crippen LogP contribution < -0.4 is 10.6 Å². The Kier molecular flexibility index (Phi) is 8.82. The number of hydrogen-bond acceptors (Lipinski definition) is 5. The standard InChI is InChI=1S/C28H34N2O4/c1-28(2,30-18-26(33)23-11-12-25(32)24(15-23)19-31)16-22-10-6-9-21(13-22)14-27(34)29-17-20-7-4-3-5-8-20/h3-13,15,26,30-33H,14,16-19H2,1-2H3,(H,29,34)/t26-/m0/s1. The first kappa shape index (κ1) is 25.4. The molecule has 0 aliphatic carbocycles. The summed E-state index contributed by atoms with van der Waals surface area (Å²) in [6.45, 7) is 4.68. The lowest BCUT2D eigenvalue weighted by atomic mass is 9.93. The van der Waals surface area contributed by atoms with Gasteiger partial charge in [-0.2, -0.15) is 0 Å². The highest BCUT2D eigenvalue weighted by atomic mass is 16.3.